The molecule has 3 rings (SSSR count). The summed E-state index contributed by atoms with van der Waals surface area (Å²) in [6, 6.07) is 14.9. The first-order chi connectivity index (χ1) is 13.5. The van der Waals surface area contributed by atoms with E-state index in [9.17, 15) is 15.4 Å². The van der Waals surface area contributed by atoms with Gasteiger partial charge in [0.2, 0.25) is 0 Å². The van der Waals surface area contributed by atoms with Crippen LogP contribution < -0.4 is 15.2 Å². The van der Waals surface area contributed by atoms with Crippen LogP contribution in [0, 0.1) is 21.4 Å². The van der Waals surface area contributed by atoms with Crippen molar-refractivity contribution in [1.29, 1.82) is 5.26 Å². The Labute approximate surface area is 160 Å². The van der Waals surface area contributed by atoms with Crippen molar-refractivity contribution in [1.82, 2.24) is 4.98 Å². The summed E-state index contributed by atoms with van der Waals surface area (Å²) in [5.74, 6) is 1.16. The Morgan fingerprint density at radius 3 is 2.54 bits per heavy atom. The molecule has 0 radical (unpaired) electrons. The van der Waals surface area contributed by atoms with Crippen LogP contribution >= 0.6 is 0 Å². The number of non-ortho nitro benzene ring substituents is 1. The number of nitrogens with two attached hydrogens (primary N) is 1. The largest absolute Gasteiger partial charge is 0.497 e. The van der Waals surface area contributed by atoms with Gasteiger partial charge in [0.05, 0.1) is 24.8 Å². The van der Waals surface area contributed by atoms with E-state index < -0.39 is 4.92 Å². The van der Waals surface area contributed by atoms with E-state index >= 15 is 0 Å². The minimum atomic E-state index is -0.494. The van der Waals surface area contributed by atoms with Crippen molar-refractivity contribution >= 4 is 11.5 Å². The number of ether oxygens (including phenoxy) is 2. The number of rotatable bonds is 5. The number of nitro groups is 1. The summed E-state index contributed by atoms with van der Waals surface area (Å²) >= 11 is 0. The highest BCUT2D eigenvalue weighted by atomic mass is 16.6. The number of benzene rings is 2. The van der Waals surface area contributed by atoms with Crippen LogP contribution in [0.2, 0.25) is 0 Å². The minimum absolute atomic E-state index is 0.0198. The SMILES string of the molecule is COc1ccc(OC)c(-c2cc(-c3cccc([N+](=O)[O-])c3)c(C#N)c(N)n2)c1. The standard InChI is InChI=1S/C20H16N4O4/c1-27-14-6-7-19(28-2)16(9-14)18-10-15(17(11-21)20(22)23-18)12-4-3-5-13(8-12)24(25)26/h3-10H,1-2H3,(H2,22,23). The van der Waals surface area contributed by atoms with Gasteiger partial charge in [-0.3, -0.25) is 10.1 Å². The molecule has 0 unspecified atom stereocenters. The molecule has 0 bridgehead atoms. The van der Waals surface area contributed by atoms with E-state index in [4.69, 9.17) is 15.2 Å². The fourth-order valence-corrected chi connectivity index (χ4v) is 2.85. The Hall–Kier alpha value is -4.12. The summed E-state index contributed by atoms with van der Waals surface area (Å²) in [6.07, 6.45) is 0. The molecule has 8 heteroatoms. The van der Waals surface area contributed by atoms with E-state index in [1.54, 1.807) is 43.5 Å². The Kier molecular flexibility index (Phi) is 5.09. The number of nitriles is 1. The molecular weight excluding hydrogens is 360 g/mol. The predicted molar refractivity (Wildman–Crippen MR) is 104 cm³/mol. The average Bonchev–Trinajstić information content (AvgIpc) is 2.72. The van der Waals surface area contributed by atoms with E-state index in [-0.39, 0.29) is 17.1 Å². The van der Waals surface area contributed by atoms with Crippen molar-refractivity contribution in [2.24, 2.45) is 0 Å². The van der Waals surface area contributed by atoms with Crippen LogP contribution in [0.25, 0.3) is 22.4 Å². The second-order valence-corrected chi connectivity index (χ2v) is 5.80. The zero-order valence-electron chi connectivity index (χ0n) is 15.2. The molecule has 8 nitrogen and oxygen atoms in total. The number of pyridine rings is 1. The van der Waals surface area contributed by atoms with Crippen molar-refractivity contribution < 1.29 is 14.4 Å². The highest BCUT2D eigenvalue weighted by molar-refractivity contribution is 5.82. The number of anilines is 1. The van der Waals surface area contributed by atoms with Crippen LogP contribution in [0.3, 0.4) is 0 Å². The Morgan fingerprint density at radius 2 is 1.89 bits per heavy atom. The molecule has 1 heterocycles. The lowest BCUT2D eigenvalue weighted by Crippen LogP contribution is -2.01. The highest BCUT2D eigenvalue weighted by Gasteiger charge is 2.18. The van der Waals surface area contributed by atoms with Crippen LogP contribution in [0.15, 0.2) is 48.5 Å². The first-order valence-electron chi connectivity index (χ1n) is 8.16. The number of nitrogens with zero attached hydrogens (tertiary/aromatic N) is 3. The summed E-state index contributed by atoms with van der Waals surface area (Å²) in [7, 11) is 3.07. The molecule has 0 amide bonds. The normalized spacial score (nSPS) is 10.2. The van der Waals surface area contributed by atoms with E-state index in [2.05, 4.69) is 4.98 Å². The number of nitro benzene ring substituents is 1. The maximum absolute atomic E-state index is 11.1. The van der Waals surface area contributed by atoms with Gasteiger partial charge in [-0.15, -0.1) is 0 Å². The molecule has 0 saturated heterocycles. The first kappa shape index (κ1) is 18.7. The Balaban J connectivity index is 2.27. The average molecular weight is 376 g/mol. The monoisotopic (exact) mass is 376 g/mol. The maximum atomic E-state index is 11.1. The molecule has 0 aliphatic rings. The molecule has 140 valence electrons. The zero-order valence-corrected chi connectivity index (χ0v) is 15.2. The topological polar surface area (TPSA) is 124 Å². The van der Waals surface area contributed by atoms with Gasteiger partial charge < -0.3 is 15.2 Å². The summed E-state index contributed by atoms with van der Waals surface area (Å²) in [4.78, 5) is 15.0. The van der Waals surface area contributed by atoms with Crippen molar-refractivity contribution in [3.8, 4) is 40.0 Å². The number of nitrogen functional groups attached to an aromatic ring is 1. The van der Waals surface area contributed by atoms with Crippen molar-refractivity contribution in [2.45, 2.75) is 0 Å². The molecule has 0 saturated carbocycles. The van der Waals surface area contributed by atoms with Gasteiger partial charge in [-0.1, -0.05) is 12.1 Å². The highest BCUT2D eigenvalue weighted by Crippen LogP contribution is 2.37. The summed E-state index contributed by atoms with van der Waals surface area (Å²) in [5.41, 5.74) is 8.09. The van der Waals surface area contributed by atoms with Gasteiger partial charge in [-0.2, -0.15) is 5.26 Å². The number of hydrogen-bond acceptors (Lipinski definition) is 7. The van der Waals surface area contributed by atoms with Crippen molar-refractivity contribution in [3.05, 3.63) is 64.2 Å². The van der Waals surface area contributed by atoms with Gasteiger partial charge >= 0.3 is 0 Å². The third-order valence-electron chi connectivity index (χ3n) is 4.21. The third kappa shape index (κ3) is 3.41. The number of methoxy groups -OCH3 is 2. The van der Waals surface area contributed by atoms with E-state index in [1.807, 2.05) is 6.07 Å². The van der Waals surface area contributed by atoms with Gasteiger partial charge in [0, 0.05) is 23.3 Å². The molecule has 3 aromatic rings. The molecule has 0 aliphatic heterocycles. The zero-order chi connectivity index (χ0) is 20.3. The van der Waals surface area contributed by atoms with Crippen LogP contribution in [0.1, 0.15) is 5.56 Å². The van der Waals surface area contributed by atoms with Crippen LogP contribution in [0.5, 0.6) is 11.5 Å². The smallest absolute Gasteiger partial charge is 0.270 e. The third-order valence-corrected chi connectivity index (χ3v) is 4.21. The second kappa shape index (κ2) is 7.63. The fraction of sp³-hybridized carbons (Fsp3) is 0.100. The summed E-state index contributed by atoms with van der Waals surface area (Å²) < 4.78 is 10.7. The van der Waals surface area contributed by atoms with Crippen molar-refractivity contribution in [3.63, 3.8) is 0 Å². The molecule has 28 heavy (non-hydrogen) atoms. The van der Waals surface area contributed by atoms with Gasteiger partial charge in [-0.05, 0) is 29.8 Å². The van der Waals surface area contributed by atoms with E-state index in [1.165, 1.54) is 19.2 Å². The number of aromatic nitrogens is 1. The molecular formula is C20H16N4O4. The lowest BCUT2D eigenvalue weighted by Gasteiger charge is -2.13. The molecule has 0 fully saturated rings. The lowest BCUT2D eigenvalue weighted by molar-refractivity contribution is -0.384. The molecule has 2 aromatic carbocycles. The predicted octanol–water partition coefficient (Wildman–Crippen LogP) is 3.79. The van der Waals surface area contributed by atoms with Crippen molar-refractivity contribution in [2.75, 3.05) is 20.0 Å². The van der Waals surface area contributed by atoms with Gasteiger partial charge in [0.1, 0.15) is 28.9 Å². The second-order valence-electron chi connectivity index (χ2n) is 5.80. The molecule has 0 spiro atoms. The first-order valence-corrected chi connectivity index (χ1v) is 8.16. The molecule has 0 atom stereocenters. The molecule has 0 aliphatic carbocycles. The molecule has 1 aromatic heterocycles. The van der Waals surface area contributed by atoms with Gasteiger partial charge in [-0.25, -0.2) is 4.98 Å². The fourth-order valence-electron chi connectivity index (χ4n) is 2.85. The van der Waals surface area contributed by atoms with Crippen LogP contribution in [0.4, 0.5) is 11.5 Å². The molecule has 2 N–H and O–H groups in total. The summed E-state index contributed by atoms with van der Waals surface area (Å²) in [6.45, 7) is 0. The van der Waals surface area contributed by atoms with Crippen LogP contribution in [-0.4, -0.2) is 24.1 Å². The van der Waals surface area contributed by atoms with Crippen LogP contribution in [-0.2, 0) is 0 Å². The lowest BCUT2D eigenvalue weighted by atomic mass is 9.97. The number of hydrogen-bond donors (Lipinski definition) is 1. The van der Waals surface area contributed by atoms with Gasteiger partial charge in [0.25, 0.3) is 5.69 Å². The quantitative estimate of drug-likeness (QED) is 0.530. The minimum Gasteiger partial charge on any atom is -0.497 e. The summed E-state index contributed by atoms with van der Waals surface area (Å²) in [5, 5.41) is 20.7. The van der Waals surface area contributed by atoms with Gasteiger partial charge in [0.15, 0.2) is 0 Å². The maximum Gasteiger partial charge on any atom is 0.270 e. The van der Waals surface area contributed by atoms with E-state index in [0.29, 0.717) is 33.9 Å². The Bertz CT molecular complexity index is 1110. The Morgan fingerprint density at radius 1 is 1.11 bits per heavy atom. The van der Waals surface area contributed by atoms with E-state index in [0.717, 1.165) is 0 Å².